The van der Waals surface area contributed by atoms with Crippen LogP contribution in [0.1, 0.15) is 18.7 Å². The van der Waals surface area contributed by atoms with Gasteiger partial charge >= 0.3 is 6.18 Å². The smallest absolute Gasteiger partial charge is 0.404 e. The van der Waals surface area contributed by atoms with E-state index in [-0.39, 0.29) is 12.4 Å². The number of piperidine rings is 1. The minimum absolute atomic E-state index is 0.177. The van der Waals surface area contributed by atoms with E-state index in [2.05, 4.69) is 20.3 Å². The molecule has 9 nitrogen and oxygen atoms in total. The number of hydrogen-bond donors (Lipinski definition) is 4. The van der Waals surface area contributed by atoms with Crippen LogP contribution in [-0.2, 0) is 0 Å². The molecule has 2 unspecified atom stereocenters. The fourth-order valence-electron chi connectivity index (χ4n) is 3.83. The van der Waals surface area contributed by atoms with E-state index in [9.17, 15) is 18.3 Å². The monoisotopic (exact) mass is 434 g/mol. The van der Waals surface area contributed by atoms with Gasteiger partial charge in [-0.25, -0.2) is 9.97 Å². The third kappa shape index (κ3) is 3.85. The number of halogens is 3. The molecule has 0 bridgehead atoms. The Bertz CT molecular complexity index is 1000. The summed E-state index contributed by atoms with van der Waals surface area (Å²) in [7, 11) is 0. The Balaban J connectivity index is 1.60. The predicted molar refractivity (Wildman–Crippen MR) is 109 cm³/mol. The van der Waals surface area contributed by atoms with Gasteiger partial charge in [-0.05, 0) is 18.9 Å². The van der Waals surface area contributed by atoms with Gasteiger partial charge in [0.15, 0.2) is 11.5 Å². The number of β-amino-alcohol motifs (C(OH)–C–C–N with tert-alkyl or cyclic N) is 1. The molecule has 31 heavy (non-hydrogen) atoms. The lowest BCUT2D eigenvalue weighted by Crippen LogP contribution is -2.50. The van der Waals surface area contributed by atoms with Crippen molar-refractivity contribution in [1.29, 1.82) is 5.41 Å². The first-order valence-corrected chi connectivity index (χ1v) is 9.56. The van der Waals surface area contributed by atoms with Gasteiger partial charge in [-0.1, -0.05) is 0 Å². The molecule has 2 atom stereocenters. The van der Waals surface area contributed by atoms with Gasteiger partial charge in [-0.15, -0.1) is 0 Å². The summed E-state index contributed by atoms with van der Waals surface area (Å²) in [6, 6.07) is 1.67. The van der Waals surface area contributed by atoms with Crippen molar-refractivity contribution in [2.75, 3.05) is 18.0 Å². The summed E-state index contributed by atoms with van der Waals surface area (Å²) in [6.07, 6.45) is 3.39. The zero-order valence-electron chi connectivity index (χ0n) is 16.3. The third-order valence-electron chi connectivity index (χ3n) is 5.41. The second-order valence-electron chi connectivity index (χ2n) is 7.40. The lowest BCUT2D eigenvalue weighted by atomic mass is 9.86. The van der Waals surface area contributed by atoms with Crippen LogP contribution in [0.15, 0.2) is 47.1 Å². The number of rotatable bonds is 4. The Kier molecular flexibility index (Phi) is 5.17. The molecule has 0 spiro atoms. The maximum Gasteiger partial charge on any atom is 0.434 e. The maximum atomic E-state index is 13.1. The van der Waals surface area contributed by atoms with Crippen LogP contribution in [0, 0.1) is 5.41 Å². The molecule has 0 amide bonds. The molecule has 0 aromatic carbocycles. The van der Waals surface area contributed by atoms with Gasteiger partial charge in [-0.3, -0.25) is 4.99 Å². The Morgan fingerprint density at radius 3 is 2.94 bits per heavy atom. The molecular weight excluding hydrogens is 413 g/mol. The molecule has 3 aliphatic heterocycles. The van der Waals surface area contributed by atoms with E-state index < -0.39 is 23.6 Å². The Morgan fingerprint density at radius 1 is 1.42 bits per heavy atom. The lowest BCUT2D eigenvalue weighted by Gasteiger charge is -2.40. The molecule has 0 aliphatic carbocycles. The van der Waals surface area contributed by atoms with E-state index in [0.29, 0.717) is 36.5 Å². The first-order chi connectivity index (χ1) is 14.7. The van der Waals surface area contributed by atoms with Gasteiger partial charge in [0.25, 0.3) is 0 Å². The molecule has 4 rings (SSSR count). The number of nitrogens with zero attached hydrogens (tertiary/aromatic N) is 5. The van der Waals surface area contributed by atoms with Crippen molar-refractivity contribution in [1.82, 2.24) is 20.2 Å². The molecule has 3 aliphatic rings. The molecule has 1 fully saturated rings. The van der Waals surface area contributed by atoms with Gasteiger partial charge < -0.3 is 31.4 Å². The van der Waals surface area contributed by atoms with Crippen LogP contribution in [0.3, 0.4) is 0 Å². The highest BCUT2D eigenvalue weighted by Crippen LogP contribution is 2.34. The molecule has 4 heterocycles. The van der Waals surface area contributed by atoms with E-state index >= 15 is 0 Å². The summed E-state index contributed by atoms with van der Waals surface area (Å²) in [5.41, 5.74) is 3.95. The zero-order valence-corrected chi connectivity index (χ0v) is 16.3. The first kappa shape index (κ1) is 20.8. The summed E-state index contributed by atoms with van der Waals surface area (Å²) in [6.45, 7) is 0.791. The molecule has 12 heteroatoms. The second-order valence-corrected chi connectivity index (χ2v) is 7.40. The summed E-state index contributed by atoms with van der Waals surface area (Å²) in [5, 5.41) is 21.4. The summed E-state index contributed by atoms with van der Waals surface area (Å²) < 4.78 is 39.3. The third-order valence-corrected chi connectivity index (χ3v) is 5.41. The number of anilines is 1. The molecule has 0 saturated carbocycles. The Labute approximate surface area is 176 Å². The average Bonchev–Trinajstić information content (AvgIpc) is 3.17. The van der Waals surface area contributed by atoms with Gasteiger partial charge in [0, 0.05) is 49.3 Å². The van der Waals surface area contributed by atoms with Crippen molar-refractivity contribution in [3.8, 4) is 0 Å². The zero-order chi connectivity index (χ0) is 22.2. The standard InChI is InChI=1S/C19H21F3N8O/c20-19(21,22)14-10-30-13(8-27-16(30)9-26-14)17-25-4-2-15(28-17)29-5-1-3-18(31,11-29)12(6-23)7-24/h2,4,6-10,16,23,27,31H,1,3,5,11,24H2/b12-7+,23-6?. The highest BCUT2D eigenvalue weighted by atomic mass is 19.4. The molecule has 164 valence electrons. The molecule has 5 N–H and O–H groups in total. The van der Waals surface area contributed by atoms with E-state index in [1.807, 2.05) is 4.90 Å². The maximum absolute atomic E-state index is 13.1. The van der Waals surface area contributed by atoms with Crippen LogP contribution < -0.4 is 16.0 Å². The van der Waals surface area contributed by atoms with Crippen LogP contribution in [0.4, 0.5) is 19.0 Å². The van der Waals surface area contributed by atoms with Crippen molar-refractivity contribution in [2.45, 2.75) is 30.8 Å². The molecule has 1 aromatic rings. The largest absolute Gasteiger partial charge is 0.434 e. The molecule has 0 radical (unpaired) electrons. The topological polar surface area (TPSA) is 127 Å². The van der Waals surface area contributed by atoms with E-state index in [4.69, 9.17) is 11.1 Å². The number of fused-ring (bicyclic) bond motifs is 1. The average molecular weight is 434 g/mol. The van der Waals surface area contributed by atoms with Gasteiger partial charge in [0.05, 0.1) is 6.54 Å². The quantitative estimate of drug-likeness (QED) is 0.527. The fraction of sp³-hybridized carbons (Fsp3) is 0.368. The molecule has 1 aromatic heterocycles. The number of hydrogen-bond acceptors (Lipinski definition) is 9. The van der Waals surface area contributed by atoms with Crippen LogP contribution in [0.25, 0.3) is 5.70 Å². The SMILES string of the molecule is N=C/C(=C\N)C1(O)CCCN(c2ccnc(C3=CNC4C=NC(C(F)(F)F)=CN34)n2)C1. The Morgan fingerprint density at radius 2 is 2.23 bits per heavy atom. The number of aliphatic hydroxyl groups is 1. The van der Waals surface area contributed by atoms with Gasteiger partial charge in [-0.2, -0.15) is 13.2 Å². The summed E-state index contributed by atoms with van der Waals surface area (Å²) in [5.74, 6) is 0.746. The van der Waals surface area contributed by atoms with Gasteiger partial charge in [0.2, 0.25) is 0 Å². The number of nitrogens with one attached hydrogen (secondary N) is 2. The highest BCUT2D eigenvalue weighted by Gasteiger charge is 2.40. The summed E-state index contributed by atoms with van der Waals surface area (Å²) in [4.78, 5) is 15.4. The van der Waals surface area contributed by atoms with Crippen LogP contribution >= 0.6 is 0 Å². The second kappa shape index (κ2) is 7.69. The minimum atomic E-state index is -4.57. The summed E-state index contributed by atoms with van der Waals surface area (Å²) >= 11 is 0. The number of alkyl halides is 3. The highest BCUT2D eigenvalue weighted by molar-refractivity contribution is 5.79. The van der Waals surface area contributed by atoms with Crippen molar-refractivity contribution in [3.63, 3.8) is 0 Å². The lowest BCUT2D eigenvalue weighted by molar-refractivity contribution is -0.0936. The van der Waals surface area contributed by atoms with Crippen molar-refractivity contribution >= 4 is 23.9 Å². The minimum Gasteiger partial charge on any atom is -0.404 e. The van der Waals surface area contributed by atoms with Crippen LogP contribution in [0.2, 0.25) is 0 Å². The van der Waals surface area contributed by atoms with Crippen molar-refractivity contribution < 1.29 is 18.3 Å². The first-order valence-electron chi connectivity index (χ1n) is 9.56. The number of nitrogens with two attached hydrogens (primary N) is 1. The van der Waals surface area contributed by atoms with Crippen LogP contribution in [0.5, 0.6) is 0 Å². The van der Waals surface area contributed by atoms with Crippen molar-refractivity contribution in [2.24, 2.45) is 10.7 Å². The molecular formula is C19H21F3N8O. The Hall–Kier alpha value is -3.41. The fourth-order valence-corrected chi connectivity index (χ4v) is 3.83. The number of allylic oxidation sites excluding steroid dienone is 1. The van der Waals surface area contributed by atoms with Crippen molar-refractivity contribution in [3.05, 3.63) is 48.0 Å². The number of aliphatic imine (C=N–C) groups is 1. The molecule has 1 saturated heterocycles. The predicted octanol–water partition coefficient (Wildman–Crippen LogP) is 1.32. The van der Waals surface area contributed by atoms with E-state index in [1.165, 1.54) is 23.5 Å². The van der Waals surface area contributed by atoms with E-state index in [1.54, 1.807) is 12.3 Å². The van der Waals surface area contributed by atoms with Gasteiger partial charge in [0.1, 0.15) is 23.3 Å². The van der Waals surface area contributed by atoms with E-state index in [0.717, 1.165) is 12.4 Å². The normalized spacial score (nSPS) is 26.2. The van der Waals surface area contributed by atoms with Crippen LogP contribution in [-0.4, -0.2) is 63.4 Å². The number of aromatic nitrogens is 2.